The number of aromatic nitrogens is 1. The summed E-state index contributed by atoms with van der Waals surface area (Å²) in [5.41, 5.74) is 2.44. The molecule has 1 aliphatic rings. The van der Waals surface area contributed by atoms with Crippen molar-refractivity contribution in [1.29, 1.82) is 0 Å². The van der Waals surface area contributed by atoms with Crippen molar-refractivity contribution in [3.8, 4) is 5.75 Å². The van der Waals surface area contributed by atoms with E-state index in [0.29, 0.717) is 6.61 Å². The zero-order chi connectivity index (χ0) is 17.9. The summed E-state index contributed by atoms with van der Waals surface area (Å²) in [6.07, 6.45) is 0. The number of thiazole rings is 1. The molecule has 4 nitrogen and oxygen atoms in total. The summed E-state index contributed by atoms with van der Waals surface area (Å²) in [4.78, 5) is 4.90. The molecule has 0 radical (unpaired) electrons. The summed E-state index contributed by atoms with van der Waals surface area (Å²) in [5.74, 6) is 0.981. The van der Waals surface area contributed by atoms with Gasteiger partial charge < -0.3 is 14.2 Å². The number of piperazine rings is 1. The van der Waals surface area contributed by atoms with Crippen molar-refractivity contribution in [2.45, 2.75) is 13.6 Å². The van der Waals surface area contributed by atoms with Gasteiger partial charge in [-0.25, -0.2) is 0 Å². The molecule has 6 heteroatoms. The van der Waals surface area contributed by atoms with Crippen LogP contribution in [-0.2, 0) is 6.67 Å². The third kappa shape index (κ3) is 3.49. The third-order valence-electron chi connectivity index (χ3n) is 4.79. The Kier molecular flexibility index (Phi) is 5.24. The highest BCUT2D eigenvalue weighted by Crippen LogP contribution is 2.29. The Hall–Kier alpha value is -1.89. The van der Waals surface area contributed by atoms with Gasteiger partial charge in [-0.2, -0.15) is 0 Å². The summed E-state index contributed by atoms with van der Waals surface area (Å²) in [7, 11) is 0. The van der Waals surface area contributed by atoms with Crippen LogP contribution in [0.1, 0.15) is 6.92 Å². The largest absolute Gasteiger partial charge is 0.492 e. The molecule has 0 saturated carbocycles. The molecule has 1 saturated heterocycles. The van der Waals surface area contributed by atoms with Gasteiger partial charge in [0.25, 0.3) is 0 Å². The summed E-state index contributed by atoms with van der Waals surface area (Å²) in [6, 6.07) is 16.8. The van der Waals surface area contributed by atoms with Gasteiger partial charge in [0.15, 0.2) is 3.95 Å². The standard InChI is InChI=1S/C20H23N3OS2/c1-2-24-18-9-5-3-7-16(18)22-13-11-21(12-14-22)15-23-17-8-4-6-10-19(17)26-20(23)25/h3-10H,2,11-15H2,1H3. The van der Waals surface area contributed by atoms with Crippen LogP contribution < -0.4 is 9.64 Å². The smallest absolute Gasteiger partial charge is 0.163 e. The Morgan fingerprint density at radius 3 is 2.54 bits per heavy atom. The van der Waals surface area contributed by atoms with Crippen molar-refractivity contribution in [3.05, 3.63) is 52.5 Å². The van der Waals surface area contributed by atoms with Gasteiger partial charge in [0.05, 0.1) is 29.2 Å². The van der Waals surface area contributed by atoms with Crippen LogP contribution in [0.3, 0.4) is 0 Å². The molecule has 1 fully saturated rings. The number of ether oxygens (including phenoxy) is 1. The lowest BCUT2D eigenvalue weighted by Gasteiger charge is -2.36. The van der Waals surface area contributed by atoms with Gasteiger partial charge >= 0.3 is 0 Å². The van der Waals surface area contributed by atoms with Crippen molar-refractivity contribution in [3.63, 3.8) is 0 Å². The Morgan fingerprint density at radius 1 is 1.00 bits per heavy atom. The number of rotatable bonds is 5. The highest BCUT2D eigenvalue weighted by atomic mass is 32.1. The summed E-state index contributed by atoms with van der Waals surface area (Å²) in [6.45, 7) is 7.63. The van der Waals surface area contributed by atoms with Gasteiger partial charge in [-0.15, -0.1) is 11.3 Å². The first-order chi connectivity index (χ1) is 12.8. The maximum atomic E-state index is 5.79. The second kappa shape index (κ2) is 7.78. The zero-order valence-electron chi connectivity index (χ0n) is 14.9. The first kappa shape index (κ1) is 17.5. The van der Waals surface area contributed by atoms with Gasteiger partial charge in [-0.3, -0.25) is 4.90 Å². The van der Waals surface area contributed by atoms with Crippen LogP contribution >= 0.6 is 23.6 Å². The third-order valence-corrected chi connectivity index (χ3v) is 6.22. The molecule has 136 valence electrons. The van der Waals surface area contributed by atoms with Gasteiger partial charge in [0.2, 0.25) is 0 Å². The fourth-order valence-electron chi connectivity index (χ4n) is 3.47. The minimum absolute atomic E-state index is 0.695. The van der Waals surface area contributed by atoms with E-state index in [9.17, 15) is 0 Å². The number of fused-ring (bicyclic) bond motifs is 1. The van der Waals surface area contributed by atoms with Gasteiger partial charge in [-0.1, -0.05) is 24.3 Å². The predicted molar refractivity (Wildman–Crippen MR) is 112 cm³/mol. The van der Waals surface area contributed by atoms with E-state index in [2.05, 4.69) is 56.8 Å². The average molecular weight is 386 g/mol. The molecule has 1 aromatic heterocycles. The number of hydrogen-bond donors (Lipinski definition) is 0. The van der Waals surface area contributed by atoms with Crippen molar-refractivity contribution in [2.24, 2.45) is 0 Å². The number of nitrogens with zero attached hydrogens (tertiary/aromatic N) is 3. The van der Waals surface area contributed by atoms with Crippen molar-refractivity contribution >= 4 is 39.5 Å². The van der Waals surface area contributed by atoms with E-state index in [4.69, 9.17) is 17.0 Å². The number of para-hydroxylation sites is 3. The fourth-order valence-corrected chi connectivity index (χ4v) is 4.78. The summed E-state index contributed by atoms with van der Waals surface area (Å²) >= 11 is 7.29. The van der Waals surface area contributed by atoms with E-state index in [1.54, 1.807) is 11.3 Å². The number of anilines is 1. The highest BCUT2D eigenvalue weighted by Gasteiger charge is 2.20. The van der Waals surface area contributed by atoms with E-state index >= 15 is 0 Å². The average Bonchev–Trinajstić information content (AvgIpc) is 2.99. The van der Waals surface area contributed by atoms with Crippen LogP contribution in [0.2, 0.25) is 0 Å². The Balaban J connectivity index is 1.46. The van der Waals surface area contributed by atoms with Crippen LogP contribution in [-0.4, -0.2) is 42.3 Å². The van der Waals surface area contributed by atoms with Gasteiger partial charge in [0.1, 0.15) is 5.75 Å². The molecule has 3 aromatic rings. The Morgan fingerprint density at radius 2 is 1.73 bits per heavy atom. The topological polar surface area (TPSA) is 20.6 Å². The lowest BCUT2D eigenvalue weighted by atomic mass is 10.2. The molecule has 0 atom stereocenters. The molecule has 0 unspecified atom stereocenters. The molecule has 0 bridgehead atoms. The monoisotopic (exact) mass is 385 g/mol. The number of benzene rings is 2. The molecule has 0 amide bonds. The van der Waals surface area contributed by atoms with Crippen LogP contribution in [0, 0.1) is 3.95 Å². The molecule has 0 spiro atoms. The molecule has 2 heterocycles. The quantitative estimate of drug-likeness (QED) is 0.598. The molecule has 1 aliphatic heterocycles. The van der Waals surface area contributed by atoms with Crippen molar-refractivity contribution in [2.75, 3.05) is 37.7 Å². The van der Waals surface area contributed by atoms with Crippen molar-refractivity contribution in [1.82, 2.24) is 9.47 Å². The maximum Gasteiger partial charge on any atom is 0.163 e. The molecular formula is C20H23N3OS2. The van der Waals surface area contributed by atoms with E-state index in [-0.39, 0.29) is 0 Å². The Bertz CT molecular complexity index is 941. The van der Waals surface area contributed by atoms with Crippen LogP contribution in [0.4, 0.5) is 5.69 Å². The highest BCUT2D eigenvalue weighted by molar-refractivity contribution is 7.73. The zero-order valence-corrected chi connectivity index (χ0v) is 16.6. The minimum atomic E-state index is 0.695. The van der Waals surface area contributed by atoms with E-state index in [0.717, 1.165) is 42.6 Å². The summed E-state index contributed by atoms with van der Waals surface area (Å²) in [5, 5.41) is 0. The number of hydrogen-bond acceptors (Lipinski definition) is 5. The predicted octanol–water partition coefficient (Wildman–Crippen LogP) is 4.61. The van der Waals surface area contributed by atoms with E-state index in [1.165, 1.54) is 15.9 Å². The van der Waals surface area contributed by atoms with Crippen LogP contribution in [0.25, 0.3) is 10.2 Å². The SMILES string of the molecule is CCOc1ccccc1N1CCN(Cn2c(=S)sc3ccccc32)CC1. The molecule has 26 heavy (non-hydrogen) atoms. The molecule has 0 aliphatic carbocycles. The van der Waals surface area contributed by atoms with Crippen molar-refractivity contribution < 1.29 is 4.74 Å². The second-order valence-electron chi connectivity index (χ2n) is 6.41. The lowest BCUT2D eigenvalue weighted by molar-refractivity contribution is 0.208. The summed E-state index contributed by atoms with van der Waals surface area (Å²) < 4.78 is 10.3. The fraction of sp³-hybridized carbons (Fsp3) is 0.350. The van der Waals surface area contributed by atoms with Gasteiger partial charge in [-0.05, 0) is 43.4 Å². The maximum absolute atomic E-state index is 5.79. The minimum Gasteiger partial charge on any atom is -0.492 e. The molecular weight excluding hydrogens is 362 g/mol. The normalized spacial score (nSPS) is 15.5. The lowest BCUT2D eigenvalue weighted by Crippen LogP contribution is -2.46. The van der Waals surface area contributed by atoms with Crippen LogP contribution in [0.15, 0.2) is 48.5 Å². The van der Waals surface area contributed by atoms with Gasteiger partial charge in [0, 0.05) is 26.2 Å². The molecule has 4 rings (SSSR count). The second-order valence-corrected chi connectivity index (χ2v) is 8.09. The van der Waals surface area contributed by atoms with E-state index < -0.39 is 0 Å². The molecule has 0 N–H and O–H groups in total. The Labute approximate surface area is 163 Å². The first-order valence-electron chi connectivity index (χ1n) is 9.04. The van der Waals surface area contributed by atoms with Crippen LogP contribution in [0.5, 0.6) is 5.75 Å². The molecule has 2 aromatic carbocycles. The van der Waals surface area contributed by atoms with E-state index in [1.807, 2.05) is 13.0 Å². The first-order valence-corrected chi connectivity index (χ1v) is 10.3.